The quantitative estimate of drug-likeness (QED) is 0.436. The zero-order chi connectivity index (χ0) is 16.5. The Labute approximate surface area is 170 Å². The Morgan fingerprint density at radius 3 is 2.64 bits per heavy atom. The second kappa shape index (κ2) is 7.79. The van der Waals surface area contributed by atoms with Crippen molar-refractivity contribution in [2.75, 3.05) is 11.4 Å². The first-order valence-electron chi connectivity index (χ1n) is 8.41. The number of pyridine rings is 1. The number of benzene rings is 2. The van der Waals surface area contributed by atoms with Gasteiger partial charge in [-0.25, -0.2) is 4.57 Å². The molecule has 0 unspecified atom stereocenters. The fourth-order valence-corrected chi connectivity index (χ4v) is 4.40. The highest BCUT2D eigenvalue weighted by Crippen LogP contribution is 2.46. The molecule has 1 aliphatic rings. The summed E-state index contributed by atoms with van der Waals surface area (Å²) >= 11 is 1.87. The van der Waals surface area contributed by atoms with Crippen molar-refractivity contribution in [1.82, 2.24) is 0 Å². The van der Waals surface area contributed by atoms with Crippen LogP contribution in [-0.2, 0) is 7.05 Å². The van der Waals surface area contributed by atoms with E-state index in [0.717, 1.165) is 13.0 Å². The van der Waals surface area contributed by atoms with E-state index in [1.165, 1.54) is 32.1 Å². The summed E-state index contributed by atoms with van der Waals surface area (Å²) in [6.45, 7) is 3.29. The number of aromatic nitrogens is 1. The lowest BCUT2D eigenvalue weighted by molar-refractivity contribution is -0.644. The van der Waals surface area contributed by atoms with Crippen LogP contribution in [0.1, 0.15) is 18.9 Å². The summed E-state index contributed by atoms with van der Waals surface area (Å²) in [5, 5.41) is 2.61. The molecule has 2 nitrogen and oxygen atoms in total. The molecule has 0 saturated heterocycles. The molecule has 0 N–H and O–H groups in total. The normalized spacial score (nSPS) is 14.6. The molecular formula is C21H21IN2S. The molecule has 1 aliphatic heterocycles. The Balaban J connectivity index is 0.00000182. The van der Waals surface area contributed by atoms with Crippen LogP contribution in [0.3, 0.4) is 0 Å². The van der Waals surface area contributed by atoms with E-state index in [2.05, 4.69) is 90.3 Å². The molecule has 0 saturated carbocycles. The van der Waals surface area contributed by atoms with E-state index in [1.807, 2.05) is 11.8 Å². The molecule has 2 heterocycles. The number of rotatable bonds is 3. The Hall–Kier alpha value is -1.53. The Bertz CT molecular complexity index is 936. The monoisotopic (exact) mass is 460 g/mol. The minimum atomic E-state index is 0. The number of nitrogens with zero attached hydrogens (tertiary/aromatic N) is 2. The fourth-order valence-electron chi connectivity index (χ4n) is 3.26. The van der Waals surface area contributed by atoms with Gasteiger partial charge in [0.25, 0.3) is 0 Å². The van der Waals surface area contributed by atoms with Gasteiger partial charge in [-0.1, -0.05) is 43.0 Å². The number of hydrogen-bond donors (Lipinski definition) is 0. The van der Waals surface area contributed by atoms with Gasteiger partial charge < -0.3 is 28.9 Å². The van der Waals surface area contributed by atoms with Crippen LogP contribution in [0, 0.1) is 0 Å². The predicted molar refractivity (Wildman–Crippen MR) is 103 cm³/mol. The van der Waals surface area contributed by atoms with Crippen LogP contribution < -0.4 is 33.4 Å². The summed E-state index contributed by atoms with van der Waals surface area (Å²) in [7, 11) is 2.10. The van der Waals surface area contributed by atoms with Crippen molar-refractivity contribution in [2.45, 2.75) is 18.2 Å². The van der Waals surface area contributed by atoms with Crippen LogP contribution in [-0.4, -0.2) is 6.54 Å². The van der Waals surface area contributed by atoms with Crippen molar-refractivity contribution in [3.05, 3.63) is 71.4 Å². The minimum absolute atomic E-state index is 0. The van der Waals surface area contributed by atoms with Crippen LogP contribution in [0.15, 0.2) is 70.7 Å². The van der Waals surface area contributed by atoms with Crippen molar-refractivity contribution in [3.8, 4) is 0 Å². The molecule has 0 aliphatic carbocycles. The maximum Gasteiger partial charge on any atom is 0.212 e. The van der Waals surface area contributed by atoms with E-state index in [1.54, 1.807) is 0 Å². The van der Waals surface area contributed by atoms with Gasteiger partial charge in [0.15, 0.2) is 6.20 Å². The molecule has 4 heteroatoms. The molecule has 0 radical (unpaired) electrons. The van der Waals surface area contributed by atoms with Gasteiger partial charge in [-0.2, -0.15) is 0 Å². The van der Waals surface area contributed by atoms with Crippen molar-refractivity contribution < 1.29 is 28.5 Å². The van der Waals surface area contributed by atoms with Gasteiger partial charge in [0.05, 0.1) is 16.1 Å². The number of aryl methyl sites for hydroxylation is 1. The van der Waals surface area contributed by atoms with E-state index in [0.29, 0.717) is 0 Å². The molecule has 2 aromatic carbocycles. The summed E-state index contributed by atoms with van der Waals surface area (Å²) in [5.41, 5.74) is 3.87. The van der Waals surface area contributed by atoms with Crippen LogP contribution >= 0.6 is 11.8 Å². The second-order valence-corrected chi connectivity index (χ2v) is 7.17. The molecule has 0 bridgehead atoms. The highest BCUT2D eigenvalue weighted by molar-refractivity contribution is 8.03. The molecular weight excluding hydrogens is 439 g/mol. The molecule has 0 fully saturated rings. The molecule has 0 amide bonds. The highest BCUT2D eigenvalue weighted by Gasteiger charge is 2.24. The van der Waals surface area contributed by atoms with E-state index in [4.69, 9.17) is 0 Å². The Morgan fingerprint density at radius 2 is 1.80 bits per heavy atom. The van der Waals surface area contributed by atoms with Crippen LogP contribution in [0.25, 0.3) is 17.0 Å². The third kappa shape index (κ3) is 3.42. The number of thioether (sulfide) groups is 1. The number of para-hydroxylation sites is 2. The van der Waals surface area contributed by atoms with E-state index in [-0.39, 0.29) is 24.0 Å². The largest absolute Gasteiger partial charge is 1.00 e. The first-order chi connectivity index (χ1) is 11.8. The van der Waals surface area contributed by atoms with Crippen molar-refractivity contribution in [1.29, 1.82) is 0 Å². The predicted octanol–water partition coefficient (Wildman–Crippen LogP) is 1.99. The SMILES string of the molecule is CCCN1/C(=C/c2cc[n+](C)c3ccccc23)Sc2ccccc21.[I-]. The van der Waals surface area contributed by atoms with Gasteiger partial charge in [-0.15, -0.1) is 0 Å². The van der Waals surface area contributed by atoms with Gasteiger partial charge in [0.2, 0.25) is 5.52 Å². The maximum absolute atomic E-state index is 2.45. The fraction of sp³-hybridized carbons (Fsp3) is 0.190. The summed E-state index contributed by atoms with van der Waals surface area (Å²) < 4.78 is 2.18. The second-order valence-electron chi connectivity index (χ2n) is 6.10. The average molecular weight is 460 g/mol. The van der Waals surface area contributed by atoms with Crippen LogP contribution in [0.2, 0.25) is 0 Å². The van der Waals surface area contributed by atoms with E-state index >= 15 is 0 Å². The lowest BCUT2D eigenvalue weighted by Crippen LogP contribution is -3.00. The standard InChI is InChI=1S/C21H21N2S.HI/c1-3-13-23-19-10-6-7-11-20(19)24-21(23)15-16-12-14-22(2)18-9-5-4-8-17(16)18;/h4-12,14-15H,3,13H2,1-2H3;1H/q+1;/p-1. The van der Waals surface area contributed by atoms with Gasteiger partial charge in [0, 0.05) is 23.6 Å². The van der Waals surface area contributed by atoms with Gasteiger partial charge in [-0.3, -0.25) is 0 Å². The van der Waals surface area contributed by atoms with Gasteiger partial charge in [-0.05, 0) is 36.3 Å². The van der Waals surface area contributed by atoms with Crippen molar-refractivity contribution in [2.24, 2.45) is 7.05 Å². The first kappa shape index (κ1) is 18.3. The van der Waals surface area contributed by atoms with E-state index < -0.39 is 0 Å². The molecule has 1 aromatic heterocycles. The third-order valence-electron chi connectivity index (χ3n) is 4.44. The molecule has 0 spiro atoms. The van der Waals surface area contributed by atoms with Crippen LogP contribution in [0.4, 0.5) is 5.69 Å². The maximum atomic E-state index is 2.45. The zero-order valence-electron chi connectivity index (χ0n) is 14.4. The highest BCUT2D eigenvalue weighted by atomic mass is 127. The van der Waals surface area contributed by atoms with Gasteiger partial charge in [0.1, 0.15) is 7.05 Å². The lowest BCUT2D eigenvalue weighted by atomic mass is 10.1. The minimum Gasteiger partial charge on any atom is -1.00 e. The Kier molecular flexibility index (Phi) is 5.69. The molecule has 3 aromatic rings. The molecule has 128 valence electrons. The smallest absolute Gasteiger partial charge is 0.212 e. The van der Waals surface area contributed by atoms with Crippen LogP contribution in [0.5, 0.6) is 0 Å². The summed E-state index contributed by atoms with van der Waals surface area (Å²) in [6.07, 6.45) is 5.62. The first-order valence-corrected chi connectivity index (χ1v) is 9.23. The number of halogens is 1. The summed E-state index contributed by atoms with van der Waals surface area (Å²) in [4.78, 5) is 3.80. The van der Waals surface area contributed by atoms with Crippen molar-refractivity contribution >= 4 is 34.4 Å². The third-order valence-corrected chi connectivity index (χ3v) is 5.55. The molecule has 0 atom stereocenters. The average Bonchev–Trinajstić information content (AvgIpc) is 2.96. The Morgan fingerprint density at radius 1 is 1.04 bits per heavy atom. The number of fused-ring (bicyclic) bond motifs is 2. The lowest BCUT2D eigenvalue weighted by Gasteiger charge is -2.19. The molecule has 25 heavy (non-hydrogen) atoms. The van der Waals surface area contributed by atoms with Gasteiger partial charge >= 0.3 is 0 Å². The topological polar surface area (TPSA) is 7.12 Å². The summed E-state index contributed by atoms with van der Waals surface area (Å²) in [6, 6.07) is 19.5. The summed E-state index contributed by atoms with van der Waals surface area (Å²) in [5.74, 6) is 0. The van der Waals surface area contributed by atoms with Crippen molar-refractivity contribution in [3.63, 3.8) is 0 Å². The van der Waals surface area contributed by atoms with E-state index in [9.17, 15) is 0 Å². The zero-order valence-corrected chi connectivity index (χ0v) is 17.4. The number of hydrogen-bond acceptors (Lipinski definition) is 2. The number of anilines is 1. The molecule has 4 rings (SSSR count).